The maximum absolute atomic E-state index is 11.9. The molecule has 1 N–H and O–H groups in total. The number of hydrogen-bond acceptors (Lipinski definition) is 3. The number of nitrogens with zero attached hydrogens (tertiary/aromatic N) is 2. The Labute approximate surface area is 114 Å². The topological polar surface area (TPSA) is 46.9 Å². The van der Waals surface area contributed by atoms with Gasteiger partial charge >= 0.3 is 5.69 Å². The molecule has 1 aromatic rings. The third kappa shape index (κ3) is 3.06. The summed E-state index contributed by atoms with van der Waals surface area (Å²) >= 11 is 0. The van der Waals surface area contributed by atoms with Gasteiger partial charge in [-0.05, 0) is 57.4 Å². The highest BCUT2D eigenvalue weighted by molar-refractivity contribution is 5.06. The van der Waals surface area contributed by atoms with Crippen LogP contribution in [0, 0.1) is 25.7 Å². The fraction of sp³-hybridized carbons (Fsp3) is 0.733. The molecule has 3 rings (SSSR count). The smallest absolute Gasteiger partial charge is 0.312 e. The average Bonchev–Trinajstić information content (AvgIpc) is 3.21. The van der Waals surface area contributed by atoms with Crippen molar-refractivity contribution in [3.8, 4) is 0 Å². The zero-order valence-electron chi connectivity index (χ0n) is 11.9. The minimum atomic E-state index is -0.117. The van der Waals surface area contributed by atoms with Crippen LogP contribution in [0.3, 0.4) is 0 Å². The van der Waals surface area contributed by atoms with Gasteiger partial charge in [-0.1, -0.05) is 0 Å². The van der Waals surface area contributed by atoms with Gasteiger partial charge in [0.1, 0.15) is 0 Å². The van der Waals surface area contributed by atoms with Crippen LogP contribution in [0.25, 0.3) is 0 Å². The minimum Gasteiger partial charge on any atom is -0.312 e. The van der Waals surface area contributed by atoms with Crippen LogP contribution in [0.1, 0.15) is 37.1 Å². The number of nitrogens with one attached hydrogen (secondary N) is 1. The average molecular weight is 261 g/mol. The molecule has 19 heavy (non-hydrogen) atoms. The summed E-state index contributed by atoms with van der Waals surface area (Å²) in [5.74, 6) is 1.81. The zero-order valence-corrected chi connectivity index (χ0v) is 11.9. The molecule has 0 saturated heterocycles. The van der Waals surface area contributed by atoms with Crippen molar-refractivity contribution in [3.05, 3.63) is 27.9 Å². The van der Waals surface area contributed by atoms with Crippen LogP contribution in [-0.4, -0.2) is 22.1 Å². The van der Waals surface area contributed by atoms with Crippen molar-refractivity contribution in [2.75, 3.05) is 6.54 Å². The first-order valence-corrected chi connectivity index (χ1v) is 7.43. The number of aromatic nitrogens is 2. The van der Waals surface area contributed by atoms with Gasteiger partial charge in [-0.25, -0.2) is 4.79 Å². The fourth-order valence-electron chi connectivity index (χ4n) is 3.02. The second-order valence-corrected chi connectivity index (χ2v) is 6.13. The van der Waals surface area contributed by atoms with E-state index in [0.29, 0.717) is 6.04 Å². The van der Waals surface area contributed by atoms with Crippen molar-refractivity contribution >= 4 is 0 Å². The molecular formula is C15H23N3O. The van der Waals surface area contributed by atoms with Gasteiger partial charge in [-0.2, -0.15) is 4.98 Å². The summed E-state index contributed by atoms with van der Waals surface area (Å²) in [7, 11) is 0. The molecule has 0 atom stereocenters. The van der Waals surface area contributed by atoms with Gasteiger partial charge in [0.05, 0.1) is 0 Å². The van der Waals surface area contributed by atoms with Gasteiger partial charge in [0.25, 0.3) is 0 Å². The molecule has 2 aliphatic rings. The van der Waals surface area contributed by atoms with Gasteiger partial charge in [0.2, 0.25) is 0 Å². The lowest BCUT2D eigenvalue weighted by Gasteiger charge is -2.18. The second-order valence-electron chi connectivity index (χ2n) is 6.13. The van der Waals surface area contributed by atoms with E-state index in [1.165, 1.54) is 25.7 Å². The van der Waals surface area contributed by atoms with Crippen molar-refractivity contribution in [3.63, 3.8) is 0 Å². The van der Waals surface area contributed by atoms with E-state index in [9.17, 15) is 4.79 Å². The highest BCUT2D eigenvalue weighted by Gasteiger charge is 2.40. The second kappa shape index (κ2) is 5.08. The zero-order chi connectivity index (χ0) is 13.4. The summed E-state index contributed by atoms with van der Waals surface area (Å²) in [6.45, 7) is 5.46. The van der Waals surface area contributed by atoms with Crippen LogP contribution in [-0.2, 0) is 6.54 Å². The first-order chi connectivity index (χ1) is 9.15. The molecule has 4 nitrogen and oxygen atoms in total. The lowest BCUT2D eigenvalue weighted by molar-refractivity contribution is 0.402. The van der Waals surface area contributed by atoms with E-state index < -0.39 is 0 Å². The van der Waals surface area contributed by atoms with Crippen molar-refractivity contribution in [1.29, 1.82) is 0 Å². The van der Waals surface area contributed by atoms with E-state index in [0.717, 1.165) is 36.3 Å². The summed E-state index contributed by atoms with van der Waals surface area (Å²) in [6.07, 6.45) is 5.55. The Bertz CT molecular complexity index is 503. The Morgan fingerprint density at radius 3 is 2.47 bits per heavy atom. The maximum atomic E-state index is 11.9. The van der Waals surface area contributed by atoms with E-state index in [1.54, 1.807) is 4.57 Å². The minimum absolute atomic E-state index is 0.117. The Morgan fingerprint density at radius 2 is 1.95 bits per heavy atom. The van der Waals surface area contributed by atoms with E-state index in [2.05, 4.69) is 10.3 Å². The molecule has 2 fully saturated rings. The Balaban J connectivity index is 1.58. The third-order valence-corrected chi connectivity index (χ3v) is 4.32. The lowest BCUT2D eigenvalue weighted by Crippen LogP contribution is -2.37. The van der Waals surface area contributed by atoms with E-state index in [-0.39, 0.29) is 5.69 Å². The van der Waals surface area contributed by atoms with Crippen molar-refractivity contribution in [1.82, 2.24) is 14.9 Å². The number of aryl methyl sites for hydroxylation is 2. The summed E-state index contributed by atoms with van der Waals surface area (Å²) < 4.78 is 1.77. The molecule has 0 aromatic carbocycles. The highest BCUT2D eigenvalue weighted by Crippen LogP contribution is 2.44. The molecule has 1 heterocycles. The quantitative estimate of drug-likeness (QED) is 0.847. The van der Waals surface area contributed by atoms with Gasteiger partial charge in [-0.3, -0.25) is 4.57 Å². The van der Waals surface area contributed by atoms with Crippen LogP contribution >= 0.6 is 0 Å². The normalized spacial score (nSPS) is 19.1. The van der Waals surface area contributed by atoms with Crippen molar-refractivity contribution in [2.45, 2.75) is 52.1 Å². The van der Waals surface area contributed by atoms with Gasteiger partial charge in [0, 0.05) is 30.5 Å². The largest absolute Gasteiger partial charge is 0.347 e. The summed E-state index contributed by atoms with van der Waals surface area (Å²) in [5, 5.41) is 3.67. The molecular weight excluding hydrogens is 238 g/mol. The van der Waals surface area contributed by atoms with E-state index in [4.69, 9.17) is 0 Å². The Morgan fingerprint density at radius 1 is 1.32 bits per heavy atom. The van der Waals surface area contributed by atoms with E-state index >= 15 is 0 Å². The fourth-order valence-corrected chi connectivity index (χ4v) is 3.02. The van der Waals surface area contributed by atoms with Crippen LogP contribution in [0.5, 0.6) is 0 Å². The standard InChI is InChI=1S/C15H23N3O/c1-10-9-11(2)18(15(19)17-10)8-7-16-14(12-3-4-12)13-5-6-13/h9,12-14,16H,3-8H2,1-2H3. The Hall–Kier alpha value is -1.16. The molecule has 2 saturated carbocycles. The van der Waals surface area contributed by atoms with Crippen LogP contribution in [0.2, 0.25) is 0 Å². The molecule has 1 aromatic heterocycles. The number of hydrogen-bond donors (Lipinski definition) is 1. The van der Waals surface area contributed by atoms with Crippen LogP contribution in [0.4, 0.5) is 0 Å². The predicted molar refractivity (Wildman–Crippen MR) is 75.2 cm³/mol. The molecule has 0 bridgehead atoms. The lowest BCUT2D eigenvalue weighted by atomic mass is 10.1. The molecule has 0 unspecified atom stereocenters. The summed E-state index contributed by atoms with van der Waals surface area (Å²) in [4.78, 5) is 15.9. The van der Waals surface area contributed by atoms with Crippen molar-refractivity contribution in [2.24, 2.45) is 11.8 Å². The molecule has 0 amide bonds. The number of rotatable bonds is 6. The molecule has 0 radical (unpaired) electrons. The van der Waals surface area contributed by atoms with Gasteiger partial charge in [-0.15, -0.1) is 0 Å². The van der Waals surface area contributed by atoms with Gasteiger partial charge < -0.3 is 5.32 Å². The first-order valence-electron chi connectivity index (χ1n) is 7.43. The van der Waals surface area contributed by atoms with Crippen LogP contribution < -0.4 is 11.0 Å². The molecule has 2 aliphatic carbocycles. The monoisotopic (exact) mass is 261 g/mol. The predicted octanol–water partition coefficient (Wildman–Crippen LogP) is 1.64. The Kier molecular flexibility index (Phi) is 3.44. The highest BCUT2D eigenvalue weighted by atomic mass is 16.1. The SMILES string of the molecule is Cc1cc(C)n(CCNC(C2CC2)C2CC2)c(=O)n1. The summed E-state index contributed by atoms with van der Waals surface area (Å²) in [5.41, 5.74) is 1.70. The maximum Gasteiger partial charge on any atom is 0.347 e. The molecule has 4 heteroatoms. The van der Waals surface area contributed by atoms with Gasteiger partial charge in [0.15, 0.2) is 0 Å². The van der Waals surface area contributed by atoms with Crippen LogP contribution in [0.15, 0.2) is 10.9 Å². The molecule has 0 aliphatic heterocycles. The van der Waals surface area contributed by atoms with Crippen molar-refractivity contribution < 1.29 is 0 Å². The molecule has 0 spiro atoms. The third-order valence-electron chi connectivity index (χ3n) is 4.32. The van der Waals surface area contributed by atoms with E-state index in [1.807, 2.05) is 19.9 Å². The molecule has 104 valence electrons. The first kappa shape index (κ1) is 12.9. The summed E-state index contributed by atoms with van der Waals surface area (Å²) in [6, 6.07) is 2.68.